The van der Waals surface area contributed by atoms with Gasteiger partial charge in [-0.05, 0) is 24.7 Å². The SMILES string of the molecule is CSC1=C(SC)SC(=C2SC3=C(SC(=C4C=COC=C4)S3)S2)S1. The number of ether oxygens (including phenoxy) is 1. The quantitative estimate of drug-likeness (QED) is 0.413. The maximum Gasteiger partial charge on any atom is 0.0907 e. The fraction of sp³-hybridized carbons (Fsp3) is 0.143. The fourth-order valence-corrected chi connectivity index (χ4v) is 13.5. The first-order valence-corrected chi connectivity index (χ1v) is 13.7. The smallest absolute Gasteiger partial charge is 0.0907 e. The Kier molecular flexibility index (Phi) is 5.87. The van der Waals surface area contributed by atoms with Gasteiger partial charge in [-0.2, -0.15) is 0 Å². The Labute approximate surface area is 169 Å². The Morgan fingerprint density at radius 1 is 0.652 bits per heavy atom. The first-order chi connectivity index (χ1) is 11.3. The van der Waals surface area contributed by atoms with Crippen LogP contribution in [0.4, 0.5) is 0 Å². The molecule has 0 bridgehead atoms. The molecule has 0 amide bonds. The number of allylic oxidation sites excluding steroid dienone is 3. The predicted molar refractivity (Wildman–Crippen MR) is 120 cm³/mol. The van der Waals surface area contributed by atoms with E-state index < -0.39 is 0 Å². The second kappa shape index (κ2) is 7.73. The third-order valence-electron chi connectivity index (χ3n) is 2.87. The van der Waals surface area contributed by atoms with E-state index >= 15 is 0 Å². The molecule has 0 radical (unpaired) electrons. The van der Waals surface area contributed by atoms with Gasteiger partial charge in [-0.3, -0.25) is 0 Å². The number of thioether (sulfide) groups is 8. The third-order valence-corrected chi connectivity index (χ3v) is 14.3. The van der Waals surface area contributed by atoms with Crippen LogP contribution in [-0.2, 0) is 4.74 Å². The second-order valence-corrected chi connectivity index (χ2v) is 13.8. The summed E-state index contributed by atoms with van der Waals surface area (Å²) in [7, 11) is 0. The first kappa shape index (κ1) is 17.5. The van der Waals surface area contributed by atoms with E-state index in [1.54, 1.807) is 12.5 Å². The lowest BCUT2D eigenvalue weighted by Gasteiger charge is -2.08. The highest BCUT2D eigenvalue weighted by molar-refractivity contribution is 8.49. The minimum atomic E-state index is 1.25. The van der Waals surface area contributed by atoms with E-state index in [0.29, 0.717) is 0 Å². The van der Waals surface area contributed by atoms with Crippen molar-refractivity contribution in [2.75, 3.05) is 12.5 Å². The van der Waals surface area contributed by atoms with Crippen molar-refractivity contribution in [3.63, 3.8) is 0 Å². The van der Waals surface area contributed by atoms with Crippen LogP contribution in [0.2, 0.25) is 0 Å². The highest BCUT2D eigenvalue weighted by atomic mass is 32.3. The van der Waals surface area contributed by atoms with Crippen LogP contribution in [0.1, 0.15) is 0 Å². The molecule has 0 spiro atoms. The number of hydrogen-bond acceptors (Lipinski definition) is 9. The molecule has 0 saturated heterocycles. The second-order valence-electron chi connectivity index (χ2n) is 4.23. The van der Waals surface area contributed by atoms with Gasteiger partial charge in [0.1, 0.15) is 0 Å². The van der Waals surface area contributed by atoms with Gasteiger partial charge in [0.2, 0.25) is 0 Å². The standard InChI is InChI=1S/C14H10OS8/c1-16-9-10(17-2)21-13(20-9)14-22-11-12(23-14)19-8(18-11)7-3-5-15-6-4-7/h3-6H,1-2H3. The van der Waals surface area contributed by atoms with Crippen LogP contribution in [0, 0.1) is 0 Å². The van der Waals surface area contributed by atoms with Crippen molar-refractivity contribution < 1.29 is 4.74 Å². The molecular formula is C14H10OS8. The lowest BCUT2D eigenvalue weighted by Crippen LogP contribution is -1.82. The average Bonchev–Trinajstić information content (AvgIpc) is 3.27. The highest BCUT2D eigenvalue weighted by Gasteiger charge is 2.34. The molecule has 0 unspecified atom stereocenters. The van der Waals surface area contributed by atoms with Gasteiger partial charge < -0.3 is 4.74 Å². The largest absolute Gasteiger partial charge is 0.473 e. The Morgan fingerprint density at radius 2 is 1.09 bits per heavy atom. The van der Waals surface area contributed by atoms with Crippen LogP contribution >= 0.6 is 94.1 Å². The minimum absolute atomic E-state index is 1.25. The van der Waals surface area contributed by atoms with Crippen LogP contribution in [0.25, 0.3) is 0 Å². The van der Waals surface area contributed by atoms with E-state index in [2.05, 4.69) is 12.5 Å². The summed E-state index contributed by atoms with van der Waals surface area (Å²) >= 11 is 15.2. The van der Waals surface area contributed by atoms with Crippen molar-refractivity contribution in [3.05, 3.63) is 59.9 Å². The van der Waals surface area contributed by atoms with E-state index in [1.165, 1.54) is 35.2 Å². The summed E-state index contributed by atoms with van der Waals surface area (Å²) in [6, 6.07) is 0. The van der Waals surface area contributed by atoms with Crippen LogP contribution < -0.4 is 0 Å². The summed E-state index contributed by atoms with van der Waals surface area (Å²) in [4.78, 5) is 0. The Bertz CT molecular complexity index is 686. The van der Waals surface area contributed by atoms with Gasteiger partial charge in [-0.25, -0.2) is 0 Å². The molecule has 4 rings (SSSR count). The highest BCUT2D eigenvalue weighted by Crippen LogP contribution is 2.70. The number of rotatable bonds is 2. The van der Waals surface area contributed by atoms with Gasteiger partial charge in [0.25, 0.3) is 0 Å². The molecule has 4 heterocycles. The molecule has 4 aliphatic heterocycles. The zero-order valence-electron chi connectivity index (χ0n) is 12.0. The maximum atomic E-state index is 5.12. The first-order valence-electron chi connectivity index (χ1n) is 6.39. The Balaban J connectivity index is 1.48. The van der Waals surface area contributed by atoms with Crippen LogP contribution in [0.15, 0.2) is 59.9 Å². The van der Waals surface area contributed by atoms with Crippen molar-refractivity contribution in [2.45, 2.75) is 0 Å². The number of hydrogen-bond donors (Lipinski definition) is 0. The fourth-order valence-electron chi connectivity index (χ4n) is 1.86. The maximum absolute atomic E-state index is 5.12. The normalized spacial score (nSPS) is 23.6. The van der Waals surface area contributed by atoms with Crippen molar-refractivity contribution in [3.8, 4) is 0 Å². The third kappa shape index (κ3) is 3.63. The van der Waals surface area contributed by atoms with E-state index in [9.17, 15) is 0 Å². The summed E-state index contributed by atoms with van der Waals surface area (Å²) in [5.41, 5.74) is 1.25. The molecule has 4 aliphatic rings. The molecule has 1 nitrogen and oxygen atoms in total. The van der Waals surface area contributed by atoms with E-state index in [-0.39, 0.29) is 0 Å². The van der Waals surface area contributed by atoms with Crippen molar-refractivity contribution in [2.24, 2.45) is 0 Å². The molecule has 120 valence electrons. The minimum Gasteiger partial charge on any atom is -0.473 e. The lowest BCUT2D eigenvalue weighted by atomic mass is 10.3. The van der Waals surface area contributed by atoms with E-state index in [1.807, 2.05) is 106 Å². The summed E-state index contributed by atoms with van der Waals surface area (Å²) in [5.74, 6) is 0. The summed E-state index contributed by atoms with van der Waals surface area (Å²) in [6.07, 6.45) is 11.9. The molecule has 0 saturated carbocycles. The molecule has 0 aromatic rings. The van der Waals surface area contributed by atoms with Gasteiger partial charge in [-0.1, -0.05) is 70.6 Å². The molecule has 0 aromatic carbocycles. The van der Waals surface area contributed by atoms with Gasteiger partial charge >= 0.3 is 0 Å². The molecular weight excluding hydrogens is 441 g/mol. The molecule has 0 aliphatic carbocycles. The van der Waals surface area contributed by atoms with Crippen molar-refractivity contribution in [1.82, 2.24) is 0 Å². The monoisotopic (exact) mass is 450 g/mol. The van der Waals surface area contributed by atoms with Crippen molar-refractivity contribution in [1.29, 1.82) is 0 Å². The average molecular weight is 451 g/mol. The van der Waals surface area contributed by atoms with Crippen LogP contribution in [0.3, 0.4) is 0 Å². The molecule has 9 heteroatoms. The molecule has 0 fully saturated rings. The molecule has 0 N–H and O–H groups in total. The van der Waals surface area contributed by atoms with Gasteiger partial charge in [-0.15, -0.1) is 23.5 Å². The Morgan fingerprint density at radius 3 is 1.57 bits per heavy atom. The zero-order valence-corrected chi connectivity index (χ0v) is 18.5. The zero-order chi connectivity index (χ0) is 15.8. The summed E-state index contributed by atoms with van der Waals surface area (Å²) < 4.78 is 15.1. The topological polar surface area (TPSA) is 9.23 Å². The van der Waals surface area contributed by atoms with E-state index in [4.69, 9.17) is 4.74 Å². The van der Waals surface area contributed by atoms with Gasteiger partial charge in [0.15, 0.2) is 0 Å². The lowest BCUT2D eigenvalue weighted by molar-refractivity contribution is 0.398. The van der Waals surface area contributed by atoms with Crippen LogP contribution in [0.5, 0.6) is 0 Å². The predicted octanol–water partition coefficient (Wildman–Crippen LogP) is 7.80. The Hall–Kier alpha value is 1.04. The van der Waals surface area contributed by atoms with Gasteiger partial charge in [0.05, 0.1) is 42.2 Å². The van der Waals surface area contributed by atoms with Crippen LogP contribution in [-0.4, -0.2) is 12.5 Å². The van der Waals surface area contributed by atoms with Crippen molar-refractivity contribution >= 4 is 94.1 Å². The van der Waals surface area contributed by atoms with E-state index in [0.717, 1.165) is 0 Å². The van der Waals surface area contributed by atoms with Gasteiger partial charge in [0, 0.05) is 5.57 Å². The summed E-state index contributed by atoms with van der Waals surface area (Å²) in [5, 5.41) is 0. The molecule has 0 aromatic heterocycles. The molecule has 23 heavy (non-hydrogen) atoms. The summed E-state index contributed by atoms with van der Waals surface area (Å²) in [6.45, 7) is 0. The molecule has 0 atom stereocenters.